The lowest BCUT2D eigenvalue weighted by Gasteiger charge is -2.13. The molecule has 0 bridgehead atoms. The maximum Gasteiger partial charge on any atom is 0.188 e. The largest absolute Gasteiger partial charge is 0.376 e. The van der Waals surface area contributed by atoms with Gasteiger partial charge in [0.05, 0.1) is 13.2 Å². The third kappa shape index (κ3) is 9.68. The summed E-state index contributed by atoms with van der Waals surface area (Å²) in [5.41, 5.74) is 7.01. The molecule has 2 unspecified atom stereocenters. The van der Waals surface area contributed by atoms with Crippen molar-refractivity contribution in [2.24, 2.45) is 16.6 Å². The number of nitrogens with two attached hydrogens (primary N) is 1. The average molecular weight is 405 g/mol. The van der Waals surface area contributed by atoms with Crippen molar-refractivity contribution in [1.29, 1.82) is 0 Å². The molecule has 0 heterocycles. The first kappa shape index (κ1) is 20.2. The number of hydrogen-bond acceptors (Lipinski definition) is 2. The Bertz CT molecular complexity index is 398. The van der Waals surface area contributed by atoms with Gasteiger partial charge in [0.15, 0.2) is 5.96 Å². The molecule has 1 aromatic carbocycles. The van der Waals surface area contributed by atoms with Crippen molar-refractivity contribution in [1.82, 2.24) is 5.32 Å². The number of nitrogens with zero attached hydrogens (tertiary/aromatic N) is 1. The summed E-state index contributed by atoms with van der Waals surface area (Å²) in [4.78, 5) is 4.34. The monoisotopic (exact) mass is 405 g/mol. The highest BCUT2D eigenvalue weighted by molar-refractivity contribution is 14.0. The molecular weight excluding hydrogens is 377 g/mol. The quantitative estimate of drug-likeness (QED) is 0.397. The smallest absolute Gasteiger partial charge is 0.188 e. The number of ether oxygens (including phenoxy) is 1. The summed E-state index contributed by atoms with van der Waals surface area (Å²) in [5, 5.41) is 3.15. The summed E-state index contributed by atoms with van der Waals surface area (Å²) >= 11 is 0. The van der Waals surface area contributed by atoms with Gasteiger partial charge >= 0.3 is 0 Å². The Hall–Kier alpha value is -0.820. The van der Waals surface area contributed by atoms with Crippen LogP contribution in [0.3, 0.4) is 0 Å². The summed E-state index contributed by atoms with van der Waals surface area (Å²) in [6.07, 6.45) is 1.03. The van der Waals surface area contributed by atoms with E-state index < -0.39 is 0 Å². The highest BCUT2D eigenvalue weighted by atomic mass is 127. The number of guanidine groups is 1. The molecule has 4 nitrogen and oxygen atoms in total. The van der Waals surface area contributed by atoms with Crippen molar-refractivity contribution in [3.05, 3.63) is 35.9 Å². The van der Waals surface area contributed by atoms with Crippen molar-refractivity contribution in [3.8, 4) is 0 Å². The molecule has 0 amide bonds. The predicted molar refractivity (Wildman–Crippen MR) is 100 cm³/mol. The van der Waals surface area contributed by atoms with E-state index in [0.29, 0.717) is 37.7 Å². The second-order valence-corrected chi connectivity index (χ2v) is 5.29. The van der Waals surface area contributed by atoms with E-state index in [1.54, 1.807) is 0 Å². The van der Waals surface area contributed by atoms with E-state index in [4.69, 9.17) is 10.5 Å². The lowest BCUT2D eigenvalue weighted by molar-refractivity contribution is 0.0945. The summed E-state index contributed by atoms with van der Waals surface area (Å²) in [7, 11) is 0. The molecule has 0 aliphatic heterocycles. The van der Waals surface area contributed by atoms with Crippen LogP contribution in [0.25, 0.3) is 0 Å². The van der Waals surface area contributed by atoms with Gasteiger partial charge in [0.25, 0.3) is 0 Å². The molecule has 3 N–H and O–H groups in total. The molecule has 0 radical (unpaired) electrons. The molecule has 1 aromatic rings. The molecular formula is C16H28IN3O. The van der Waals surface area contributed by atoms with Gasteiger partial charge in [0.1, 0.15) is 0 Å². The minimum Gasteiger partial charge on any atom is -0.376 e. The van der Waals surface area contributed by atoms with E-state index >= 15 is 0 Å². The normalized spacial score (nSPS) is 14.1. The molecule has 0 aliphatic carbocycles. The maximum atomic E-state index is 5.82. The zero-order chi connectivity index (χ0) is 14.8. The summed E-state index contributed by atoms with van der Waals surface area (Å²) in [5.74, 6) is 0.880. The molecule has 0 aliphatic rings. The van der Waals surface area contributed by atoms with Crippen molar-refractivity contribution < 1.29 is 4.74 Å². The molecule has 1 rings (SSSR count). The van der Waals surface area contributed by atoms with Crippen LogP contribution in [-0.4, -0.2) is 25.2 Å². The van der Waals surface area contributed by atoms with Crippen LogP contribution in [0.15, 0.2) is 35.3 Å². The van der Waals surface area contributed by atoms with Gasteiger partial charge in [-0.2, -0.15) is 0 Å². The number of nitrogens with one attached hydrogen (secondary N) is 1. The van der Waals surface area contributed by atoms with Crippen molar-refractivity contribution in [2.45, 2.75) is 39.8 Å². The average Bonchev–Trinajstić information content (AvgIpc) is 2.46. The summed E-state index contributed by atoms with van der Waals surface area (Å²) in [6, 6.07) is 10.5. The second-order valence-electron chi connectivity index (χ2n) is 5.29. The van der Waals surface area contributed by atoms with Gasteiger partial charge in [-0.25, -0.2) is 0 Å². The Morgan fingerprint density at radius 2 is 1.95 bits per heavy atom. The molecule has 21 heavy (non-hydrogen) atoms. The van der Waals surface area contributed by atoms with Crippen molar-refractivity contribution >= 4 is 29.9 Å². The van der Waals surface area contributed by atoms with E-state index in [-0.39, 0.29) is 24.0 Å². The fourth-order valence-electron chi connectivity index (χ4n) is 1.66. The number of rotatable bonds is 8. The number of aliphatic imine (C=N–C) groups is 1. The first-order valence-electron chi connectivity index (χ1n) is 7.30. The first-order chi connectivity index (χ1) is 9.61. The lowest BCUT2D eigenvalue weighted by atomic mass is 10.2. The minimum atomic E-state index is 0. The Balaban J connectivity index is 0.00000400. The summed E-state index contributed by atoms with van der Waals surface area (Å²) in [6.45, 7) is 8.35. The molecule has 5 heteroatoms. The third-order valence-electron chi connectivity index (χ3n) is 3.09. The molecule has 0 spiro atoms. The highest BCUT2D eigenvalue weighted by Gasteiger charge is 2.03. The van der Waals surface area contributed by atoms with Gasteiger partial charge < -0.3 is 15.8 Å². The molecule has 0 aromatic heterocycles. The maximum absolute atomic E-state index is 5.82. The topological polar surface area (TPSA) is 59.6 Å². The Labute approximate surface area is 145 Å². The van der Waals surface area contributed by atoms with Crippen molar-refractivity contribution in [2.75, 3.05) is 13.2 Å². The van der Waals surface area contributed by atoms with E-state index in [1.165, 1.54) is 5.56 Å². The van der Waals surface area contributed by atoms with Crippen LogP contribution in [-0.2, 0) is 11.3 Å². The van der Waals surface area contributed by atoms with Crippen LogP contribution in [0.1, 0.15) is 32.8 Å². The fraction of sp³-hybridized carbons (Fsp3) is 0.562. The van der Waals surface area contributed by atoms with Crippen LogP contribution in [0.2, 0.25) is 0 Å². The third-order valence-corrected chi connectivity index (χ3v) is 3.09. The zero-order valence-electron chi connectivity index (χ0n) is 13.2. The molecule has 0 fully saturated rings. The molecule has 2 atom stereocenters. The summed E-state index contributed by atoms with van der Waals surface area (Å²) < 4.78 is 5.69. The first-order valence-corrected chi connectivity index (χ1v) is 7.30. The standard InChI is InChI=1S/C16H27N3O.HI/c1-4-14(3)19-16(17)18-10-13(2)11-20-12-15-8-6-5-7-9-15;/h5-9,13-14H,4,10-12H2,1-3H3,(H3,17,18,19);1H. The van der Waals surface area contributed by atoms with Crippen LogP contribution in [0.4, 0.5) is 0 Å². The van der Waals surface area contributed by atoms with E-state index in [1.807, 2.05) is 18.2 Å². The Morgan fingerprint density at radius 3 is 2.57 bits per heavy atom. The van der Waals surface area contributed by atoms with Crippen LogP contribution in [0.5, 0.6) is 0 Å². The Morgan fingerprint density at radius 1 is 1.29 bits per heavy atom. The number of hydrogen-bond donors (Lipinski definition) is 2. The van der Waals surface area contributed by atoms with Gasteiger partial charge in [-0.3, -0.25) is 4.99 Å². The van der Waals surface area contributed by atoms with Crippen LogP contribution in [0, 0.1) is 5.92 Å². The SMILES string of the molecule is CCC(C)NC(N)=NCC(C)COCc1ccccc1.I. The predicted octanol–water partition coefficient (Wildman–Crippen LogP) is 3.16. The van der Waals surface area contributed by atoms with E-state index in [9.17, 15) is 0 Å². The molecule has 0 saturated heterocycles. The molecule has 120 valence electrons. The molecule has 0 saturated carbocycles. The van der Waals surface area contributed by atoms with Gasteiger partial charge in [0.2, 0.25) is 0 Å². The zero-order valence-corrected chi connectivity index (χ0v) is 15.5. The van der Waals surface area contributed by atoms with Gasteiger partial charge in [-0.1, -0.05) is 44.2 Å². The number of halogens is 1. The van der Waals surface area contributed by atoms with Crippen LogP contribution < -0.4 is 11.1 Å². The van der Waals surface area contributed by atoms with Gasteiger partial charge in [-0.05, 0) is 24.8 Å². The van der Waals surface area contributed by atoms with E-state index in [2.05, 4.69) is 43.2 Å². The van der Waals surface area contributed by atoms with E-state index in [0.717, 1.165) is 6.42 Å². The van der Waals surface area contributed by atoms with Gasteiger partial charge in [0, 0.05) is 12.6 Å². The lowest BCUT2D eigenvalue weighted by Crippen LogP contribution is -2.38. The van der Waals surface area contributed by atoms with Crippen molar-refractivity contribution in [3.63, 3.8) is 0 Å². The minimum absolute atomic E-state index is 0. The van der Waals surface area contributed by atoms with Crippen LogP contribution >= 0.6 is 24.0 Å². The highest BCUT2D eigenvalue weighted by Crippen LogP contribution is 2.03. The second kappa shape index (κ2) is 11.8. The number of benzene rings is 1. The Kier molecular flexibility index (Phi) is 11.3. The fourth-order valence-corrected chi connectivity index (χ4v) is 1.66. The van der Waals surface area contributed by atoms with Gasteiger partial charge in [-0.15, -0.1) is 24.0 Å².